The van der Waals surface area contributed by atoms with Crippen molar-refractivity contribution in [1.82, 2.24) is 9.55 Å². The van der Waals surface area contributed by atoms with Crippen LogP contribution in [-0.4, -0.2) is 21.1 Å². The number of benzene rings is 3. The van der Waals surface area contributed by atoms with Crippen LogP contribution in [0.3, 0.4) is 0 Å². The molecule has 1 unspecified atom stereocenters. The number of aromatic nitrogens is 2. The summed E-state index contributed by atoms with van der Waals surface area (Å²) in [6, 6.07) is 24.4. The summed E-state index contributed by atoms with van der Waals surface area (Å²) in [5, 5.41) is 0. The number of imidazole rings is 1. The topological polar surface area (TPSA) is 44.1 Å². The molecule has 1 aromatic heterocycles. The van der Waals surface area contributed by atoms with Gasteiger partial charge >= 0.3 is 5.97 Å². The second kappa shape index (κ2) is 9.84. The predicted octanol–water partition coefficient (Wildman–Crippen LogP) is 7.30. The number of rotatable bonds is 7. The van der Waals surface area contributed by atoms with Crippen molar-refractivity contribution in [3.63, 3.8) is 0 Å². The summed E-state index contributed by atoms with van der Waals surface area (Å²) in [5.41, 5.74) is 5.35. The third kappa shape index (κ3) is 5.39. The van der Waals surface area contributed by atoms with Crippen molar-refractivity contribution in [1.29, 1.82) is 0 Å². The van der Waals surface area contributed by atoms with Gasteiger partial charge in [0.2, 0.25) is 0 Å². The molecule has 0 aliphatic rings. The van der Waals surface area contributed by atoms with Gasteiger partial charge in [0.1, 0.15) is 11.4 Å². The van der Waals surface area contributed by atoms with Gasteiger partial charge in [-0.1, -0.05) is 74.9 Å². The lowest BCUT2D eigenvalue weighted by Gasteiger charge is -2.20. The molecule has 34 heavy (non-hydrogen) atoms. The molecule has 0 radical (unpaired) electrons. The Morgan fingerprint density at radius 1 is 0.971 bits per heavy atom. The van der Waals surface area contributed by atoms with Crippen LogP contribution in [0.15, 0.2) is 72.8 Å². The summed E-state index contributed by atoms with van der Waals surface area (Å²) < 4.78 is 7.96. The minimum Gasteiger partial charge on any atom is -0.456 e. The lowest BCUT2D eigenvalue weighted by atomic mass is 9.98. The van der Waals surface area contributed by atoms with E-state index in [0.717, 1.165) is 41.9 Å². The first-order chi connectivity index (χ1) is 16.2. The van der Waals surface area contributed by atoms with Crippen LogP contribution in [0.2, 0.25) is 0 Å². The zero-order valence-electron chi connectivity index (χ0n) is 20.8. The van der Waals surface area contributed by atoms with Crippen molar-refractivity contribution in [2.75, 3.05) is 0 Å². The minimum absolute atomic E-state index is 0.299. The predicted molar refractivity (Wildman–Crippen MR) is 139 cm³/mol. The molecule has 0 bridgehead atoms. The van der Waals surface area contributed by atoms with Crippen LogP contribution in [0, 0.1) is 5.92 Å². The summed E-state index contributed by atoms with van der Waals surface area (Å²) in [4.78, 5) is 17.7. The van der Waals surface area contributed by atoms with Gasteiger partial charge < -0.3 is 9.30 Å². The Bertz CT molecular complexity index is 1280. The lowest BCUT2D eigenvalue weighted by Crippen LogP contribution is -2.24. The summed E-state index contributed by atoms with van der Waals surface area (Å²) >= 11 is 0. The van der Waals surface area contributed by atoms with E-state index in [9.17, 15) is 4.79 Å². The Labute approximate surface area is 202 Å². The molecule has 1 atom stereocenters. The molecule has 0 aliphatic carbocycles. The molecule has 0 spiro atoms. The molecular formula is C30H34N2O2. The summed E-state index contributed by atoms with van der Waals surface area (Å²) in [6.45, 7) is 10.9. The van der Waals surface area contributed by atoms with Gasteiger partial charge in [0.15, 0.2) is 0 Å². The Morgan fingerprint density at radius 3 is 2.35 bits per heavy atom. The van der Waals surface area contributed by atoms with Crippen LogP contribution in [0.4, 0.5) is 0 Å². The van der Waals surface area contributed by atoms with Crippen molar-refractivity contribution in [3.8, 4) is 11.1 Å². The molecule has 0 amide bonds. The molecule has 1 heterocycles. The second-order valence-corrected chi connectivity index (χ2v) is 10.1. The molecule has 0 saturated carbocycles. The highest BCUT2D eigenvalue weighted by Crippen LogP contribution is 2.27. The van der Waals surface area contributed by atoms with E-state index in [1.807, 2.05) is 51.1 Å². The maximum absolute atomic E-state index is 12.8. The Balaban J connectivity index is 1.63. The van der Waals surface area contributed by atoms with Crippen molar-refractivity contribution in [3.05, 3.63) is 89.7 Å². The fraction of sp³-hybridized carbons (Fsp3) is 0.333. The number of nitrogens with zero attached hydrogens (tertiary/aromatic N) is 2. The van der Waals surface area contributed by atoms with E-state index < -0.39 is 5.60 Å². The van der Waals surface area contributed by atoms with Crippen LogP contribution >= 0.6 is 0 Å². The first kappa shape index (κ1) is 23.7. The van der Waals surface area contributed by atoms with Gasteiger partial charge in [-0.25, -0.2) is 9.78 Å². The van der Waals surface area contributed by atoms with E-state index in [4.69, 9.17) is 9.72 Å². The summed E-state index contributed by atoms with van der Waals surface area (Å²) in [5.74, 6) is 1.42. The molecule has 4 aromatic rings. The largest absolute Gasteiger partial charge is 0.456 e. The Morgan fingerprint density at radius 2 is 1.65 bits per heavy atom. The average molecular weight is 455 g/mol. The molecule has 4 rings (SSSR count). The molecule has 0 saturated heterocycles. The molecule has 0 N–H and O–H groups in total. The van der Waals surface area contributed by atoms with E-state index in [-0.39, 0.29) is 5.97 Å². The highest BCUT2D eigenvalue weighted by molar-refractivity contribution is 5.97. The van der Waals surface area contributed by atoms with Crippen molar-refractivity contribution < 1.29 is 9.53 Å². The van der Waals surface area contributed by atoms with Crippen molar-refractivity contribution >= 4 is 17.0 Å². The second-order valence-electron chi connectivity index (χ2n) is 10.1. The number of hydrogen-bond acceptors (Lipinski definition) is 3. The van der Waals surface area contributed by atoms with Crippen molar-refractivity contribution in [2.24, 2.45) is 5.92 Å². The molecule has 176 valence electrons. The highest BCUT2D eigenvalue weighted by atomic mass is 16.6. The fourth-order valence-electron chi connectivity index (χ4n) is 4.13. The molecule has 0 aliphatic heterocycles. The standard InChI is InChI=1S/C30H34N2O2/c1-6-21(2)19-28-31-26-13-9-10-14-27(26)32(28)20-22-15-17-23(18-16-22)24-11-7-8-12-25(24)29(33)34-30(3,4)5/h7-18,21H,6,19-20H2,1-5H3. The molecular weight excluding hydrogens is 420 g/mol. The Hall–Kier alpha value is -3.40. The highest BCUT2D eigenvalue weighted by Gasteiger charge is 2.20. The molecule has 0 fully saturated rings. The van der Waals surface area contributed by atoms with E-state index >= 15 is 0 Å². The first-order valence-corrected chi connectivity index (χ1v) is 12.1. The van der Waals surface area contributed by atoms with Gasteiger partial charge in [-0.15, -0.1) is 0 Å². The van der Waals surface area contributed by atoms with E-state index in [1.54, 1.807) is 0 Å². The summed E-state index contributed by atoms with van der Waals surface area (Å²) in [7, 11) is 0. The monoisotopic (exact) mass is 454 g/mol. The third-order valence-corrected chi connectivity index (χ3v) is 6.11. The van der Waals surface area contributed by atoms with Gasteiger partial charge in [-0.05, 0) is 61.6 Å². The van der Waals surface area contributed by atoms with Gasteiger partial charge in [0, 0.05) is 13.0 Å². The van der Waals surface area contributed by atoms with Crippen LogP contribution in [-0.2, 0) is 17.7 Å². The summed E-state index contributed by atoms with van der Waals surface area (Å²) in [6.07, 6.45) is 2.10. The van der Waals surface area contributed by atoms with Crippen molar-refractivity contribution in [2.45, 2.75) is 59.6 Å². The normalized spacial score (nSPS) is 12.6. The molecule has 4 heteroatoms. The van der Waals surface area contributed by atoms with Crippen LogP contribution in [0.5, 0.6) is 0 Å². The average Bonchev–Trinajstić information content (AvgIpc) is 3.15. The van der Waals surface area contributed by atoms with Crippen LogP contribution in [0.1, 0.15) is 62.8 Å². The van der Waals surface area contributed by atoms with Gasteiger partial charge in [0.25, 0.3) is 0 Å². The van der Waals surface area contributed by atoms with Crippen LogP contribution < -0.4 is 0 Å². The number of carbonyl (C=O) groups excluding carboxylic acids is 1. The van der Waals surface area contributed by atoms with Gasteiger partial charge in [-0.3, -0.25) is 0 Å². The smallest absolute Gasteiger partial charge is 0.339 e. The minimum atomic E-state index is -0.533. The zero-order valence-corrected chi connectivity index (χ0v) is 20.8. The first-order valence-electron chi connectivity index (χ1n) is 12.1. The number of hydrogen-bond donors (Lipinski definition) is 0. The number of fused-ring (bicyclic) bond motifs is 1. The van der Waals surface area contributed by atoms with Crippen LogP contribution in [0.25, 0.3) is 22.2 Å². The van der Waals surface area contributed by atoms with E-state index in [1.165, 1.54) is 11.1 Å². The fourth-order valence-corrected chi connectivity index (χ4v) is 4.13. The van der Waals surface area contributed by atoms with E-state index in [0.29, 0.717) is 11.5 Å². The number of ether oxygens (including phenoxy) is 1. The third-order valence-electron chi connectivity index (χ3n) is 6.11. The maximum atomic E-state index is 12.8. The van der Waals surface area contributed by atoms with E-state index in [2.05, 4.69) is 60.9 Å². The molecule has 3 aromatic carbocycles. The molecule has 4 nitrogen and oxygen atoms in total. The Kier molecular flexibility index (Phi) is 6.87. The lowest BCUT2D eigenvalue weighted by molar-refractivity contribution is 0.00704. The number of esters is 1. The van der Waals surface area contributed by atoms with Gasteiger partial charge in [0.05, 0.1) is 16.6 Å². The zero-order chi connectivity index (χ0) is 24.3. The maximum Gasteiger partial charge on any atom is 0.339 e. The number of para-hydroxylation sites is 2. The number of carbonyl (C=O) groups is 1. The quantitative estimate of drug-likeness (QED) is 0.275. The van der Waals surface area contributed by atoms with Gasteiger partial charge in [-0.2, -0.15) is 0 Å². The SMILES string of the molecule is CCC(C)Cc1nc2ccccc2n1Cc1ccc(-c2ccccc2C(=O)OC(C)(C)C)cc1.